The zero-order valence-corrected chi connectivity index (χ0v) is 19.5. The van der Waals surface area contributed by atoms with Crippen molar-refractivity contribution < 1.29 is 9.53 Å². The summed E-state index contributed by atoms with van der Waals surface area (Å²) in [4.78, 5) is 15.2. The van der Waals surface area contributed by atoms with Gasteiger partial charge in [-0.15, -0.1) is 0 Å². The van der Waals surface area contributed by atoms with Crippen LogP contribution < -0.4 is 10.1 Å². The van der Waals surface area contributed by atoms with Gasteiger partial charge in [-0.2, -0.15) is 5.10 Å². The first-order valence-electron chi connectivity index (χ1n) is 12.0. The van der Waals surface area contributed by atoms with E-state index in [1.165, 1.54) is 19.4 Å². The van der Waals surface area contributed by atoms with Gasteiger partial charge in [0, 0.05) is 23.7 Å². The number of ether oxygens (including phenoxy) is 1. The van der Waals surface area contributed by atoms with Gasteiger partial charge in [-0.1, -0.05) is 30.3 Å². The van der Waals surface area contributed by atoms with E-state index in [4.69, 9.17) is 4.74 Å². The number of nitrogens with zero attached hydrogens (tertiary/aromatic N) is 3. The Kier molecular flexibility index (Phi) is 6.58. The average molecular weight is 455 g/mol. The number of anilines is 1. The van der Waals surface area contributed by atoms with Crippen molar-refractivity contribution in [1.29, 1.82) is 0 Å². The van der Waals surface area contributed by atoms with Gasteiger partial charge in [0.25, 0.3) is 0 Å². The molecule has 5 rings (SSSR count). The van der Waals surface area contributed by atoms with Crippen LogP contribution in [-0.4, -0.2) is 39.7 Å². The van der Waals surface area contributed by atoms with Crippen LogP contribution in [0.25, 0.3) is 10.9 Å². The second-order valence-corrected chi connectivity index (χ2v) is 8.95. The zero-order valence-electron chi connectivity index (χ0n) is 19.5. The molecule has 6 nitrogen and oxygen atoms in total. The summed E-state index contributed by atoms with van der Waals surface area (Å²) in [5, 5.41) is 8.69. The molecule has 0 spiro atoms. The number of fused-ring (bicyclic) bond motifs is 1. The van der Waals surface area contributed by atoms with Crippen LogP contribution in [0.5, 0.6) is 11.5 Å². The number of para-hydroxylation sites is 1. The van der Waals surface area contributed by atoms with Crippen molar-refractivity contribution in [3.05, 3.63) is 84.6 Å². The highest BCUT2D eigenvalue weighted by molar-refractivity contribution is 5.94. The molecule has 1 amide bonds. The van der Waals surface area contributed by atoms with Crippen LogP contribution in [0.2, 0.25) is 0 Å². The van der Waals surface area contributed by atoms with Gasteiger partial charge in [-0.05, 0) is 74.3 Å². The van der Waals surface area contributed by atoms with Gasteiger partial charge in [0.05, 0.1) is 24.7 Å². The van der Waals surface area contributed by atoms with E-state index in [1.54, 1.807) is 0 Å². The molecule has 1 fully saturated rings. The number of aromatic nitrogens is 2. The first-order chi connectivity index (χ1) is 16.6. The molecule has 0 bridgehead atoms. The summed E-state index contributed by atoms with van der Waals surface area (Å²) in [6.07, 6.45) is 4.75. The standard InChI is InChI=1S/C28H30N4O2/c1-21-6-5-15-31(21)16-17-32-27-19-24(12-11-23(27)20-29-32)30-28(33)18-22-9-13-26(14-10-22)34-25-7-3-2-4-8-25/h2-4,7-14,19-21H,5-6,15-18H2,1H3,(H,30,33). The number of carbonyl (C=O) groups excluding carboxylic acids is 1. The van der Waals surface area contributed by atoms with Crippen molar-refractivity contribution in [2.75, 3.05) is 18.4 Å². The Morgan fingerprint density at radius 3 is 2.59 bits per heavy atom. The zero-order chi connectivity index (χ0) is 23.3. The van der Waals surface area contributed by atoms with Crippen LogP contribution in [-0.2, 0) is 17.8 Å². The summed E-state index contributed by atoms with van der Waals surface area (Å²) < 4.78 is 7.87. The first kappa shape index (κ1) is 22.2. The Morgan fingerprint density at radius 1 is 1.03 bits per heavy atom. The Labute approximate surface area is 200 Å². The van der Waals surface area contributed by atoms with E-state index in [2.05, 4.69) is 22.2 Å². The number of hydrogen-bond donors (Lipinski definition) is 1. The highest BCUT2D eigenvalue weighted by atomic mass is 16.5. The lowest BCUT2D eigenvalue weighted by molar-refractivity contribution is -0.115. The van der Waals surface area contributed by atoms with Crippen molar-refractivity contribution in [1.82, 2.24) is 14.7 Å². The highest BCUT2D eigenvalue weighted by Gasteiger charge is 2.19. The van der Waals surface area contributed by atoms with E-state index < -0.39 is 0 Å². The Morgan fingerprint density at radius 2 is 1.82 bits per heavy atom. The summed E-state index contributed by atoms with van der Waals surface area (Å²) in [6, 6.07) is 23.9. The van der Waals surface area contributed by atoms with Crippen LogP contribution in [0, 0.1) is 0 Å². The topological polar surface area (TPSA) is 59.4 Å². The fourth-order valence-corrected chi connectivity index (χ4v) is 4.57. The third-order valence-corrected chi connectivity index (χ3v) is 6.49. The van der Waals surface area contributed by atoms with Crippen LogP contribution in [0.3, 0.4) is 0 Å². The molecule has 1 saturated heterocycles. The molecule has 4 aromatic rings. The molecular weight excluding hydrogens is 424 g/mol. The summed E-state index contributed by atoms with van der Waals surface area (Å²) in [7, 11) is 0. The number of likely N-dealkylation sites (tertiary alicyclic amines) is 1. The predicted octanol–water partition coefficient (Wildman–Crippen LogP) is 5.49. The molecule has 1 atom stereocenters. The van der Waals surface area contributed by atoms with Crippen LogP contribution >= 0.6 is 0 Å². The lowest BCUT2D eigenvalue weighted by Gasteiger charge is -2.20. The van der Waals surface area contributed by atoms with Crippen molar-refractivity contribution in [2.45, 2.75) is 38.8 Å². The van der Waals surface area contributed by atoms with E-state index >= 15 is 0 Å². The SMILES string of the molecule is CC1CCCN1CCn1ncc2ccc(NC(=O)Cc3ccc(Oc4ccccc4)cc3)cc21. The Balaban J connectivity index is 1.19. The van der Waals surface area contributed by atoms with Crippen molar-refractivity contribution in [3.8, 4) is 11.5 Å². The van der Waals surface area contributed by atoms with Crippen molar-refractivity contribution in [2.24, 2.45) is 0 Å². The molecule has 34 heavy (non-hydrogen) atoms. The molecule has 2 heterocycles. The Bertz CT molecular complexity index is 1250. The minimum atomic E-state index is -0.0481. The van der Waals surface area contributed by atoms with Gasteiger partial charge in [0.2, 0.25) is 5.91 Å². The van der Waals surface area contributed by atoms with E-state index in [0.29, 0.717) is 12.5 Å². The molecule has 1 aliphatic heterocycles. The van der Waals surface area contributed by atoms with E-state index in [9.17, 15) is 4.79 Å². The third kappa shape index (κ3) is 5.29. The van der Waals surface area contributed by atoms with E-state index in [-0.39, 0.29) is 5.91 Å². The molecule has 0 aliphatic carbocycles. The number of nitrogens with one attached hydrogen (secondary N) is 1. The van der Waals surface area contributed by atoms with Gasteiger partial charge in [-0.3, -0.25) is 14.4 Å². The molecule has 0 radical (unpaired) electrons. The van der Waals surface area contributed by atoms with Crippen LogP contribution in [0.4, 0.5) is 5.69 Å². The minimum Gasteiger partial charge on any atom is -0.457 e. The third-order valence-electron chi connectivity index (χ3n) is 6.49. The van der Waals surface area contributed by atoms with Crippen LogP contribution in [0.15, 0.2) is 79.0 Å². The van der Waals surface area contributed by atoms with Gasteiger partial charge in [-0.25, -0.2) is 0 Å². The van der Waals surface area contributed by atoms with Gasteiger partial charge < -0.3 is 10.1 Å². The number of rotatable bonds is 8. The molecule has 1 N–H and O–H groups in total. The largest absolute Gasteiger partial charge is 0.457 e. The molecular formula is C28H30N4O2. The van der Waals surface area contributed by atoms with Crippen molar-refractivity contribution in [3.63, 3.8) is 0 Å². The van der Waals surface area contributed by atoms with Crippen LogP contribution in [0.1, 0.15) is 25.3 Å². The molecule has 174 valence electrons. The quantitative estimate of drug-likeness (QED) is 0.382. The maximum Gasteiger partial charge on any atom is 0.228 e. The summed E-state index contributed by atoms with van der Waals surface area (Å²) in [6.45, 7) is 5.31. The lowest BCUT2D eigenvalue weighted by atomic mass is 10.1. The second-order valence-electron chi connectivity index (χ2n) is 8.95. The van der Waals surface area contributed by atoms with Gasteiger partial charge in [0.1, 0.15) is 11.5 Å². The molecule has 0 saturated carbocycles. The van der Waals surface area contributed by atoms with E-state index in [0.717, 1.165) is 46.7 Å². The van der Waals surface area contributed by atoms with E-state index in [1.807, 2.05) is 83.7 Å². The molecule has 1 unspecified atom stereocenters. The minimum absolute atomic E-state index is 0.0481. The second kappa shape index (κ2) is 10.1. The summed E-state index contributed by atoms with van der Waals surface area (Å²) in [5.41, 5.74) is 2.77. The van der Waals surface area contributed by atoms with Gasteiger partial charge in [0.15, 0.2) is 0 Å². The molecule has 1 aromatic heterocycles. The highest BCUT2D eigenvalue weighted by Crippen LogP contribution is 2.23. The Hall–Kier alpha value is -3.64. The number of amides is 1. The average Bonchev–Trinajstić information content (AvgIpc) is 3.45. The fourth-order valence-electron chi connectivity index (χ4n) is 4.57. The summed E-state index contributed by atoms with van der Waals surface area (Å²) in [5.74, 6) is 1.49. The maximum absolute atomic E-state index is 12.7. The van der Waals surface area contributed by atoms with Crippen molar-refractivity contribution >= 4 is 22.5 Å². The first-order valence-corrected chi connectivity index (χ1v) is 12.0. The lowest BCUT2D eigenvalue weighted by Crippen LogP contribution is -2.30. The predicted molar refractivity (Wildman–Crippen MR) is 135 cm³/mol. The smallest absolute Gasteiger partial charge is 0.228 e. The monoisotopic (exact) mass is 454 g/mol. The number of benzene rings is 3. The number of hydrogen-bond acceptors (Lipinski definition) is 4. The molecule has 1 aliphatic rings. The fraction of sp³-hybridized carbons (Fsp3) is 0.286. The van der Waals surface area contributed by atoms with Gasteiger partial charge >= 0.3 is 0 Å². The maximum atomic E-state index is 12.7. The molecule has 6 heteroatoms. The normalized spacial score (nSPS) is 16.1. The number of carbonyl (C=O) groups is 1. The summed E-state index contributed by atoms with van der Waals surface area (Å²) >= 11 is 0. The molecule has 3 aromatic carbocycles.